The Morgan fingerprint density at radius 2 is 1.71 bits per heavy atom. The topological polar surface area (TPSA) is 48.5 Å². The Kier molecular flexibility index (Phi) is 8.75. The molecule has 0 bridgehead atoms. The zero-order chi connectivity index (χ0) is 25.6. The standard InChI is InChI=1S/C26H26ClF3N4S/c1-16-12-13-23(31-3)20(14-16)24(19-9-5-7-11-22(19)27)33-17(2)34-25(35)32-15-18-8-4-6-10-21(18)26(28,29)30/h4-14,17,31H,15H2,1-3H3,(H2,32,34,35)/b33-24-. The van der Waals surface area contributed by atoms with Gasteiger partial charge in [0.1, 0.15) is 6.17 Å². The molecular weight excluding hydrogens is 493 g/mol. The van der Waals surface area contributed by atoms with Crippen molar-refractivity contribution < 1.29 is 13.2 Å². The molecule has 0 aliphatic heterocycles. The number of rotatable bonds is 7. The number of hydrogen-bond acceptors (Lipinski definition) is 3. The Morgan fingerprint density at radius 3 is 2.40 bits per heavy atom. The summed E-state index contributed by atoms with van der Waals surface area (Å²) < 4.78 is 39.8. The highest BCUT2D eigenvalue weighted by atomic mass is 35.5. The van der Waals surface area contributed by atoms with Crippen molar-refractivity contribution in [3.05, 3.63) is 99.6 Å². The first-order chi connectivity index (χ1) is 16.6. The maximum atomic E-state index is 13.3. The zero-order valence-electron chi connectivity index (χ0n) is 19.5. The predicted molar refractivity (Wildman–Crippen MR) is 141 cm³/mol. The number of hydrogen-bond donors (Lipinski definition) is 3. The van der Waals surface area contributed by atoms with E-state index in [1.165, 1.54) is 12.1 Å². The number of aryl methyl sites for hydroxylation is 1. The van der Waals surface area contributed by atoms with Crippen molar-refractivity contribution in [2.75, 3.05) is 12.4 Å². The number of halogens is 4. The Bertz CT molecular complexity index is 1230. The van der Waals surface area contributed by atoms with Gasteiger partial charge in [0.05, 0.1) is 11.3 Å². The lowest BCUT2D eigenvalue weighted by Gasteiger charge is -2.19. The van der Waals surface area contributed by atoms with Crippen LogP contribution in [0.5, 0.6) is 0 Å². The lowest BCUT2D eigenvalue weighted by molar-refractivity contribution is -0.138. The quantitative estimate of drug-likeness (QED) is 0.245. The Labute approximate surface area is 213 Å². The molecule has 0 saturated heterocycles. The summed E-state index contributed by atoms with van der Waals surface area (Å²) in [5.41, 5.74) is 3.63. The Balaban J connectivity index is 1.84. The molecule has 1 atom stereocenters. The second-order valence-electron chi connectivity index (χ2n) is 7.91. The van der Waals surface area contributed by atoms with E-state index in [-0.39, 0.29) is 17.2 Å². The molecule has 0 aromatic heterocycles. The number of aliphatic imine (C=N–C) groups is 1. The molecule has 0 aliphatic rings. The molecule has 0 saturated carbocycles. The second kappa shape index (κ2) is 11.6. The summed E-state index contributed by atoms with van der Waals surface area (Å²) in [4.78, 5) is 4.85. The van der Waals surface area contributed by atoms with Crippen LogP contribution >= 0.6 is 23.8 Å². The number of nitrogens with zero attached hydrogens (tertiary/aromatic N) is 1. The molecule has 0 radical (unpaired) electrons. The Morgan fingerprint density at radius 1 is 1.03 bits per heavy atom. The number of thiocarbonyl (C=S) groups is 1. The van der Waals surface area contributed by atoms with Crippen LogP contribution in [0.25, 0.3) is 0 Å². The van der Waals surface area contributed by atoms with Gasteiger partial charge in [0.15, 0.2) is 5.11 Å². The van der Waals surface area contributed by atoms with Crippen LogP contribution in [-0.2, 0) is 12.7 Å². The summed E-state index contributed by atoms with van der Waals surface area (Å²) in [5.74, 6) is 0. The molecule has 0 spiro atoms. The maximum absolute atomic E-state index is 13.3. The molecule has 1 unspecified atom stereocenters. The van der Waals surface area contributed by atoms with Gasteiger partial charge in [-0.05, 0) is 55.9 Å². The third-order valence-corrected chi connectivity index (χ3v) is 5.85. The minimum Gasteiger partial charge on any atom is -0.388 e. The first-order valence-electron chi connectivity index (χ1n) is 10.9. The Hall–Kier alpha value is -3.10. The van der Waals surface area contributed by atoms with Gasteiger partial charge in [0.2, 0.25) is 0 Å². The monoisotopic (exact) mass is 518 g/mol. The van der Waals surface area contributed by atoms with E-state index in [9.17, 15) is 13.2 Å². The van der Waals surface area contributed by atoms with E-state index in [1.807, 2.05) is 57.3 Å². The van der Waals surface area contributed by atoms with E-state index in [0.717, 1.165) is 28.4 Å². The van der Waals surface area contributed by atoms with Gasteiger partial charge < -0.3 is 16.0 Å². The van der Waals surface area contributed by atoms with Crippen molar-refractivity contribution in [3.8, 4) is 0 Å². The number of benzene rings is 3. The largest absolute Gasteiger partial charge is 0.416 e. The fourth-order valence-electron chi connectivity index (χ4n) is 3.60. The number of nitrogens with one attached hydrogen (secondary N) is 3. The summed E-state index contributed by atoms with van der Waals surface area (Å²) in [7, 11) is 1.83. The van der Waals surface area contributed by atoms with Crippen LogP contribution in [0.2, 0.25) is 5.02 Å². The molecule has 9 heteroatoms. The van der Waals surface area contributed by atoms with Crippen LogP contribution in [-0.4, -0.2) is 24.0 Å². The zero-order valence-corrected chi connectivity index (χ0v) is 21.1. The van der Waals surface area contributed by atoms with E-state index in [1.54, 1.807) is 12.1 Å². The lowest BCUT2D eigenvalue weighted by Crippen LogP contribution is -2.40. The van der Waals surface area contributed by atoms with Crippen molar-refractivity contribution in [1.82, 2.24) is 10.6 Å². The minimum absolute atomic E-state index is 0.0723. The first-order valence-corrected chi connectivity index (χ1v) is 11.7. The molecular formula is C26H26ClF3N4S. The maximum Gasteiger partial charge on any atom is 0.416 e. The molecule has 184 valence electrons. The van der Waals surface area contributed by atoms with Gasteiger partial charge in [-0.15, -0.1) is 0 Å². The fourth-order valence-corrected chi connectivity index (χ4v) is 4.07. The predicted octanol–water partition coefficient (Wildman–Crippen LogP) is 6.56. The molecule has 3 rings (SSSR count). The van der Waals surface area contributed by atoms with Crippen LogP contribution in [0.15, 0.2) is 71.7 Å². The summed E-state index contributed by atoms with van der Waals surface area (Å²) >= 11 is 11.8. The van der Waals surface area contributed by atoms with Gasteiger partial charge in [0, 0.05) is 35.4 Å². The molecule has 4 nitrogen and oxygen atoms in total. The fraction of sp³-hybridized carbons (Fsp3) is 0.231. The average molecular weight is 519 g/mol. The van der Waals surface area contributed by atoms with E-state index < -0.39 is 17.9 Å². The second-order valence-corrected chi connectivity index (χ2v) is 8.73. The highest BCUT2D eigenvalue weighted by Gasteiger charge is 2.32. The van der Waals surface area contributed by atoms with Gasteiger partial charge in [-0.1, -0.05) is 59.6 Å². The number of alkyl halides is 3. The van der Waals surface area contributed by atoms with E-state index in [0.29, 0.717) is 10.7 Å². The van der Waals surface area contributed by atoms with Gasteiger partial charge in [-0.2, -0.15) is 13.2 Å². The smallest absolute Gasteiger partial charge is 0.388 e. The minimum atomic E-state index is -4.44. The van der Waals surface area contributed by atoms with Crippen LogP contribution < -0.4 is 16.0 Å². The molecule has 3 aromatic carbocycles. The molecule has 3 aromatic rings. The molecule has 0 fully saturated rings. The van der Waals surface area contributed by atoms with Crippen LogP contribution in [0.1, 0.15) is 34.7 Å². The number of anilines is 1. The SMILES string of the molecule is CNc1ccc(C)cc1/C(=N\C(C)NC(=S)NCc1ccccc1C(F)(F)F)c1ccccc1Cl. The van der Waals surface area contributed by atoms with Gasteiger partial charge in [0.25, 0.3) is 0 Å². The molecule has 0 aliphatic carbocycles. The van der Waals surface area contributed by atoms with Crippen LogP contribution in [0.3, 0.4) is 0 Å². The first kappa shape index (κ1) is 26.5. The highest BCUT2D eigenvalue weighted by Crippen LogP contribution is 2.31. The third kappa shape index (κ3) is 6.96. The van der Waals surface area contributed by atoms with Gasteiger partial charge in [-0.25, -0.2) is 0 Å². The van der Waals surface area contributed by atoms with Crippen molar-refractivity contribution in [2.45, 2.75) is 32.7 Å². The van der Waals surface area contributed by atoms with Crippen molar-refractivity contribution in [1.29, 1.82) is 0 Å². The molecule has 0 amide bonds. The van der Waals surface area contributed by atoms with Gasteiger partial charge in [-0.3, -0.25) is 4.99 Å². The van der Waals surface area contributed by atoms with E-state index >= 15 is 0 Å². The summed E-state index contributed by atoms with van der Waals surface area (Å²) in [6.45, 7) is 3.73. The summed E-state index contributed by atoms with van der Waals surface area (Å²) in [6, 6.07) is 18.8. The van der Waals surface area contributed by atoms with Crippen molar-refractivity contribution in [3.63, 3.8) is 0 Å². The van der Waals surface area contributed by atoms with Crippen LogP contribution in [0.4, 0.5) is 18.9 Å². The molecule has 35 heavy (non-hydrogen) atoms. The molecule has 3 N–H and O–H groups in total. The lowest BCUT2D eigenvalue weighted by atomic mass is 9.98. The average Bonchev–Trinajstić information content (AvgIpc) is 2.81. The van der Waals surface area contributed by atoms with E-state index in [2.05, 4.69) is 16.0 Å². The summed E-state index contributed by atoms with van der Waals surface area (Å²) in [6.07, 6.45) is -4.93. The highest BCUT2D eigenvalue weighted by molar-refractivity contribution is 7.80. The van der Waals surface area contributed by atoms with Crippen molar-refractivity contribution in [2.24, 2.45) is 4.99 Å². The third-order valence-electron chi connectivity index (χ3n) is 5.25. The normalized spacial score (nSPS) is 12.7. The van der Waals surface area contributed by atoms with Gasteiger partial charge >= 0.3 is 6.18 Å². The van der Waals surface area contributed by atoms with E-state index in [4.69, 9.17) is 28.8 Å². The molecule has 0 heterocycles. The van der Waals surface area contributed by atoms with Crippen LogP contribution in [0, 0.1) is 6.92 Å². The van der Waals surface area contributed by atoms with Crippen molar-refractivity contribution >= 4 is 40.3 Å². The summed E-state index contributed by atoms with van der Waals surface area (Å²) in [5, 5.41) is 9.81.